The summed E-state index contributed by atoms with van der Waals surface area (Å²) in [5, 5.41) is 3.76. The molecule has 1 aromatic carbocycles. The molecule has 0 spiro atoms. The molecule has 3 N–H and O–H groups in total. The van der Waals surface area contributed by atoms with Gasteiger partial charge in [0.05, 0.1) is 5.52 Å². The van der Waals surface area contributed by atoms with Gasteiger partial charge in [-0.05, 0) is 95.0 Å². The fraction of sp³-hybridized carbons (Fsp3) is 0.522. The maximum atomic E-state index is 13.8. The molecule has 0 radical (unpaired) electrons. The van der Waals surface area contributed by atoms with Crippen LogP contribution in [0.1, 0.15) is 64.9 Å². The molecule has 1 fully saturated rings. The van der Waals surface area contributed by atoms with Crippen LogP contribution < -0.4 is 16.2 Å². The third-order valence-electron chi connectivity index (χ3n) is 5.69. The van der Waals surface area contributed by atoms with Crippen LogP contribution in [0.3, 0.4) is 0 Å². The van der Waals surface area contributed by atoms with Gasteiger partial charge in [-0.2, -0.15) is 0 Å². The Hall–Kier alpha value is -2.90. The van der Waals surface area contributed by atoms with Crippen LogP contribution in [0.25, 0.3) is 10.9 Å². The topological polar surface area (TPSA) is 92.4 Å². The van der Waals surface area contributed by atoms with Gasteiger partial charge in [0.15, 0.2) is 0 Å². The summed E-state index contributed by atoms with van der Waals surface area (Å²) in [4.78, 5) is 28.1. The van der Waals surface area contributed by atoms with E-state index in [-0.39, 0.29) is 11.9 Å². The highest BCUT2D eigenvalue weighted by Crippen LogP contribution is 2.39. The second-order valence-corrected chi connectivity index (χ2v) is 9.19. The molecule has 8 heteroatoms. The van der Waals surface area contributed by atoms with E-state index in [0.29, 0.717) is 11.8 Å². The molecule has 2 aromatic rings. The number of nitrogens with one attached hydrogen (secondary N) is 3. The summed E-state index contributed by atoms with van der Waals surface area (Å²) in [5.41, 5.74) is 5.87. The molecule has 3 rings (SSSR count). The molecule has 1 heterocycles. The summed E-state index contributed by atoms with van der Waals surface area (Å²) >= 11 is 0. The Morgan fingerprint density at radius 3 is 2.52 bits per heavy atom. The van der Waals surface area contributed by atoms with E-state index in [0.717, 1.165) is 42.1 Å². The maximum Gasteiger partial charge on any atom is 0.426 e. The molecule has 0 bridgehead atoms. The van der Waals surface area contributed by atoms with Crippen LogP contribution in [0.15, 0.2) is 30.5 Å². The summed E-state index contributed by atoms with van der Waals surface area (Å²) in [6.07, 6.45) is 4.90. The Morgan fingerprint density at radius 2 is 1.84 bits per heavy atom. The van der Waals surface area contributed by atoms with Gasteiger partial charge in [-0.1, -0.05) is 0 Å². The van der Waals surface area contributed by atoms with Gasteiger partial charge in [-0.25, -0.2) is 24.8 Å². The van der Waals surface area contributed by atoms with Crippen molar-refractivity contribution in [1.29, 1.82) is 0 Å². The van der Waals surface area contributed by atoms with Gasteiger partial charge in [0.25, 0.3) is 0 Å². The minimum atomic E-state index is -0.711. The average Bonchev–Trinajstić information content (AvgIpc) is 2.70. The van der Waals surface area contributed by atoms with E-state index in [1.807, 2.05) is 13.0 Å². The summed E-state index contributed by atoms with van der Waals surface area (Å²) in [5.74, 6) is 0.422. The first-order valence-corrected chi connectivity index (χ1v) is 10.7. The molecule has 0 aliphatic heterocycles. The molecule has 168 valence electrons. The van der Waals surface area contributed by atoms with Gasteiger partial charge >= 0.3 is 12.1 Å². The summed E-state index contributed by atoms with van der Waals surface area (Å²) < 4.78 is 18.8. The van der Waals surface area contributed by atoms with Crippen molar-refractivity contribution in [2.45, 2.75) is 70.9 Å². The highest BCUT2D eigenvalue weighted by atomic mass is 19.1. The fourth-order valence-electron chi connectivity index (χ4n) is 4.20. The molecular formula is C23H31FN4O3. The number of halogens is 1. The van der Waals surface area contributed by atoms with Crippen LogP contribution in [0.2, 0.25) is 0 Å². The zero-order valence-electron chi connectivity index (χ0n) is 18.5. The van der Waals surface area contributed by atoms with Gasteiger partial charge in [-0.3, -0.25) is 4.98 Å². The van der Waals surface area contributed by atoms with Crippen LogP contribution in [0.4, 0.5) is 14.0 Å². The van der Waals surface area contributed by atoms with Crippen molar-refractivity contribution in [3.05, 3.63) is 41.8 Å². The number of carbonyl (C=O) groups excluding carboxylic acids is 2. The predicted octanol–water partition coefficient (Wildman–Crippen LogP) is 4.78. The standard InChI is InChI=1S/C23H31FN4O3/c1-14(26-21(29)27-28-22(30)31-23(2,3)4)15-5-7-16(8-6-15)18-11-12-25-20-10-9-17(24)13-19(18)20/h9-16H,5-8H2,1-4H3,(H,28,30)(H2,26,27,29). The number of nitrogens with zero attached hydrogens (tertiary/aromatic N) is 1. The molecule has 1 aliphatic rings. The number of hydrogen-bond donors (Lipinski definition) is 3. The second-order valence-electron chi connectivity index (χ2n) is 9.19. The maximum absolute atomic E-state index is 13.8. The monoisotopic (exact) mass is 430 g/mol. The Morgan fingerprint density at radius 1 is 1.13 bits per heavy atom. The van der Waals surface area contributed by atoms with Crippen molar-refractivity contribution in [1.82, 2.24) is 21.2 Å². The first-order chi connectivity index (χ1) is 14.6. The Labute approximate surface area is 182 Å². The van der Waals surface area contributed by atoms with Crippen LogP contribution in [0, 0.1) is 11.7 Å². The second kappa shape index (κ2) is 9.49. The van der Waals surface area contributed by atoms with Crippen molar-refractivity contribution < 1.29 is 18.7 Å². The van der Waals surface area contributed by atoms with Gasteiger partial charge in [0.2, 0.25) is 0 Å². The van der Waals surface area contributed by atoms with E-state index in [2.05, 4.69) is 21.2 Å². The van der Waals surface area contributed by atoms with Crippen LogP contribution in [0.5, 0.6) is 0 Å². The number of fused-ring (bicyclic) bond motifs is 1. The zero-order chi connectivity index (χ0) is 22.6. The van der Waals surface area contributed by atoms with Crippen LogP contribution in [-0.4, -0.2) is 28.8 Å². The lowest BCUT2D eigenvalue weighted by molar-refractivity contribution is 0.0504. The van der Waals surface area contributed by atoms with Crippen molar-refractivity contribution in [3.63, 3.8) is 0 Å². The first-order valence-electron chi connectivity index (χ1n) is 10.7. The number of ether oxygens (including phenoxy) is 1. The Bertz CT molecular complexity index is 936. The third kappa shape index (κ3) is 6.29. The molecule has 1 unspecified atom stereocenters. The summed E-state index contributed by atoms with van der Waals surface area (Å²) in [6.45, 7) is 7.21. The van der Waals surface area contributed by atoms with Crippen molar-refractivity contribution in [2.75, 3.05) is 0 Å². The van der Waals surface area contributed by atoms with Crippen LogP contribution in [-0.2, 0) is 4.74 Å². The third-order valence-corrected chi connectivity index (χ3v) is 5.69. The largest absolute Gasteiger partial charge is 0.443 e. The minimum absolute atomic E-state index is 0.0481. The molecule has 31 heavy (non-hydrogen) atoms. The molecule has 7 nitrogen and oxygen atoms in total. The number of aromatic nitrogens is 1. The minimum Gasteiger partial charge on any atom is -0.443 e. The first kappa shape index (κ1) is 22.8. The van der Waals surface area contributed by atoms with Crippen molar-refractivity contribution in [2.24, 2.45) is 5.92 Å². The van der Waals surface area contributed by atoms with Gasteiger partial charge in [0.1, 0.15) is 11.4 Å². The normalized spacial score (nSPS) is 20.0. The number of urea groups is 1. The molecule has 1 aliphatic carbocycles. The number of amides is 3. The van der Waals surface area contributed by atoms with E-state index in [4.69, 9.17) is 4.74 Å². The highest BCUT2D eigenvalue weighted by molar-refractivity contribution is 5.82. The number of benzene rings is 1. The van der Waals surface area contributed by atoms with Crippen molar-refractivity contribution in [3.8, 4) is 0 Å². The number of rotatable bonds is 3. The van der Waals surface area contributed by atoms with E-state index in [1.165, 1.54) is 6.07 Å². The van der Waals surface area contributed by atoms with Crippen molar-refractivity contribution >= 4 is 23.0 Å². The molecule has 1 saturated carbocycles. The lowest BCUT2D eigenvalue weighted by Crippen LogP contribution is -2.51. The molecule has 3 amide bonds. The average molecular weight is 431 g/mol. The molecule has 1 atom stereocenters. The molecule has 0 saturated heterocycles. The van der Waals surface area contributed by atoms with E-state index < -0.39 is 17.7 Å². The van der Waals surface area contributed by atoms with E-state index >= 15 is 0 Å². The van der Waals surface area contributed by atoms with E-state index in [1.54, 1.807) is 39.1 Å². The smallest absolute Gasteiger partial charge is 0.426 e. The van der Waals surface area contributed by atoms with Gasteiger partial charge in [0, 0.05) is 17.6 Å². The summed E-state index contributed by atoms with van der Waals surface area (Å²) in [7, 11) is 0. The SMILES string of the molecule is CC(NC(=O)NNC(=O)OC(C)(C)C)C1CCC(c2ccnc3ccc(F)cc23)CC1. The number of carbonyl (C=O) groups is 2. The molecule has 1 aromatic heterocycles. The Kier molecular flexibility index (Phi) is 6.97. The molecular weight excluding hydrogens is 399 g/mol. The van der Waals surface area contributed by atoms with E-state index in [9.17, 15) is 14.0 Å². The lowest BCUT2D eigenvalue weighted by Gasteiger charge is -2.33. The summed E-state index contributed by atoms with van der Waals surface area (Å²) in [6, 6.07) is 6.19. The Balaban J connectivity index is 1.50. The van der Waals surface area contributed by atoms with Gasteiger partial charge < -0.3 is 10.1 Å². The number of hydrazine groups is 1. The number of hydrogen-bond acceptors (Lipinski definition) is 4. The lowest BCUT2D eigenvalue weighted by atomic mass is 9.75. The fourth-order valence-corrected chi connectivity index (χ4v) is 4.20. The zero-order valence-corrected chi connectivity index (χ0v) is 18.5. The highest BCUT2D eigenvalue weighted by Gasteiger charge is 2.28. The van der Waals surface area contributed by atoms with Crippen LogP contribution >= 0.6 is 0 Å². The predicted molar refractivity (Wildman–Crippen MR) is 117 cm³/mol. The quantitative estimate of drug-likeness (QED) is 0.611. The van der Waals surface area contributed by atoms with Gasteiger partial charge in [-0.15, -0.1) is 0 Å². The number of pyridine rings is 1.